The monoisotopic (exact) mass is 512 g/mol. The van der Waals surface area contributed by atoms with Gasteiger partial charge in [0.2, 0.25) is 0 Å². The Morgan fingerprint density at radius 3 is 2.54 bits per heavy atom. The molecule has 0 saturated carbocycles. The number of fused-ring (bicyclic) bond motifs is 2. The van der Waals surface area contributed by atoms with Gasteiger partial charge in [0.05, 0.1) is 34.6 Å². The number of hydrogen-bond donors (Lipinski definition) is 0. The fourth-order valence-electron chi connectivity index (χ4n) is 4.61. The Kier molecular flexibility index (Phi) is 6.80. The number of thiazole rings is 1. The second kappa shape index (κ2) is 10.2. The Balaban J connectivity index is 1.71. The Morgan fingerprint density at radius 1 is 1.08 bits per heavy atom. The maximum atomic E-state index is 13.9. The largest absolute Gasteiger partial charge is 0.494 e. The van der Waals surface area contributed by atoms with Crippen molar-refractivity contribution >= 4 is 34.2 Å². The Labute approximate surface area is 218 Å². The zero-order valence-electron chi connectivity index (χ0n) is 21.2. The van der Waals surface area contributed by atoms with E-state index in [-0.39, 0.29) is 11.7 Å². The average molecular weight is 513 g/mol. The summed E-state index contributed by atoms with van der Waals surface area (Å²) in [7, 11) is 0. The van der Waals surface area contributed by atoms with Crippen LogP contribution in [0.2, 0.25) is 0 Å². The number of esters is 1. The molecule has 0 N–H and O–H groups in total. The fraction of sp³-hybridized carbons (Fsp3) is 0.233. The number of rotatable bonds is 6. The molecule has 2 heterocycles. The summed E-state index contributed by atoms with van der Waals surface area (Å²) in [5.41, 5.74) is 2.45. The highest BCUT2D eigenvalue weighted by Crippen LogP contribution is 2.32. The molecule has 1 atom stereocenters. The van der Waals surface area contributed by atoms with Crippen LogP contribution in [0.1, 0.15) is 44.9 Å². The third-order valence-electron chi connectivity index (χ3n) is 6.20. The van der Waals surface area contributed by atoms with Crippen LogP contribution in [0.25, 0.3) is 16.8 Å². The van der Waals surface area contributed by atoms with E-state index in [0.29, 0.717) is 27.2 Å². The van der Waals surface area contributed by atoms with Gasteiger partial charge in [-0.1, -0.05) is 65.9 Å². The molecule has 37 heavy (non-hydrogen) atoms. The zero-order chi connectivity index (χ0) is 26.1. The zero-order valence-corrected chi connectivity index (χ0v) is 22.0. The quantitative estimate of drug-likeness (QED) is 0.350. The van der Waals surface area contributed by atoms with E-state index < -0.39 is 12.0 Å². The summed E-state index contributed by atoms with van der Waals surface area (Å²) in [4.78, 5) is 32.4. The van der Waals surface area contributed by atoms with Gasteiger partial charge < -0.3 is 9.47 Å². The maximum Gasteiger partial charge on any atom is 0.338 e. The normalized spacial score (nSPS) is 15.6. The van der Waals surface area contributed by atoms with Gasteiger partial charge in [0.25, 0.3) is 5.56 Å². The molecule has 5 rings (SSSR count). The van der Waals surface area contributed by atoms with Crippen LogP contribution < -0.4 is 19.6 Å². The molecule has 0 spiro atoms. The third-order valence-corrected chi connectivity index (χ3v) is 7.18. The van der Waals surface area contributed by atoms with E-state index in [1.807, 2.05) is 67.6 Å². The van der Waals surface area contributed by atoms with Crippen molar-refractivity contribution in [3.8, 4) is 5.75 Å². The fourth-order valence-corrected chi connectivity index (χ4v) is 5.64. The molecule has 0 amide bonds. The first-order chi connectivity index (χ1) is 17.9. The summed E-state index contributed by atoms with van der Waals surface area (Å²) in [5, 5.41) is 2.17. The van der Waals surface area contributed by atoms with E-state index in [4.69, 9.17) is 9.47 Å². The Morgan fingerprint density at radius 2 is 1.81 bits per heavy atom. The van der Waals surface area contributed by atoms with Crippen molar-refractivity contribution in [2.75, 3.05) is 6.61 Å². The van der Waals surface area contributed by atoms with Crippen molar-refractivity contribution in [2.24, 2.45) is 4.99 Å². The van der Waals surface area contributed by atoms with E-state index in [1.165, 1.54) is 11.3 Å². The molecule has 0 saturated heterocycles. The molecule has 7 heteroatoms. The Bertz CT molecular complexity index is 1690. The van der Waals surface area contributed by atoms with Crippen molar-refractivity contribution in [3.63, 3.8) is 0 Å². The molecule has 1 aliphatic rings. The molecule has 188 valence electrons. The lowest BCUT2D eigenvalue weighted by molar-refractivity contribution is -0.143. The van der Waals surface area contributed by atoms with Gasteiger partial charge in [-0.2, -0.15) is 0 Å². The van der Waals surface area contributed by atoms with E-state index in [2.05, 4.69) is 17.1 Å². The number of carbonyl (C=O) groups excluding carboxylic acids is 1. The molecular formula is C30H28N2O4S. The molecule has 1 aromatic heterocycles. The van der Waals surface area contributed by atoms with Crippen LogP contribution in [0.15, 0.2) is 87.8 Å². The molecule has 0 unspecified atom stereocenters. The highest BCUT2D eigenvalue weighted by Gasteiger charge is 2.33. The lowest BCUT2D eigenvalue weighted by Gasteiger charge is -2.25. The number of nitrogens with zero attached hydrogens (tertiary/aromatic N) is 2. The first-order valence-corrected chi connectivity index (χ1v) is 13.1. The lowest BCUT2D eigenvalue weighted by atomic mass is 9.96. The standard InChI is InChI=1S/C30H28N2O4S/c1-5-35-23-15-13-21(14-16-23)27-26(29(34)36-18(2)3)19(4)31-30-32(27)28(33)25(37-30)17-22-11-8-10-20-9-6-7-12-24(20)22/h6-18,27H,5H2,1-4H3/b25-17+/t27-/m1/s1. The van der Waals surface area contributed by atoms with Gasteiger partial charge >= 0.3 is 5.97 Å². The van der Waals surface area contributed by atoms with Crippen molar-refractivity contribution in [1.29, 1.82) is 0 Å². The molecule has 0 aliphatic carbocycles. The van der Waals surface area contributed by atoms with Gasteiger partial charge in [-0.25, -0.2) is 9.79 Å². The number of carbonyl (C=O) groups is 1. The van der Waals surface area contributed by atoms with Crippen LogP contribution in [0.5, 0.6) is 5.75 Å². The van der Waals surface area contributed by atoms with Crippen LogP contribution >= 0.6 is 11.3 Å². The molecule has 0 radical (unpaired) electrons. The van der Waals surface area contributed by atoms with Crippen LogP contribution in [-0.4, -0.2) is 23.2 Å². The SMILES string of the molecule is CCOc1ccc([C@@H]2C(C(=O)OC(C)C)=C(C)N=c3s/c(=C/c4cccc5ccccc45)c(=O)n32)cc1. The number of hydrogen-bond acceptors (Lipinski definition) is 6. The number of aromatic nitrogens is 1. The summed E-state index contributed by atoms with van der Waals surface area (Å²) in [5.74, 6) is 0.250. The van der Waals surface area contributed by atoms with Crippen LogP contribution in [0.4, 0.5) is 0 Å². The lowest BCUT2D eigenvalue weighted by Crippen LogP contribution is -2.40. The van der Waals surface area contributed by atoms with Gasteiger partial charge in [0, 0.05) is 0 Å². The van der Waals surface area contributed by atoms with Crippen LogP contribution in [0.3, 0.4) is 0 Å². The average Bonchev–Trinajstić information content (AvgIpc) is 3.18. The van der Waals surface area contributed by atoms with Crippen molar-refractivity contribution in [3.05, 3.63) is 109 Å². The minimum absolute atomic E-state index is 0.196. The highest BCUT2D eigenvalue weighted by molar-refractivity contribution is 7.07. The van der Waals surface area contributed by atoms with E-state index in [0.717, 1.165) is 27.6 Å². The Hall–Kier alpha value is -3.97. The number of benzene rings is 3. The summed E-state index contributed by atoms with van der Waals surface area (Å²) in [6, 6.07) is 20.9. The first-order valence-electron chi connectivity index (χ1n) is 12.3. The smallest absolute Gasteiger partial charge is 0.338 e. The topological polar surface area (TPSA) is 69.9 Å². The summed E-state index contributed by atoms with van der Waals surface area (Å²) in [6.45, 7) is 7.88. The van der Waals surface area contributed by atoms with Crippen molar-refractivity contribution in [2.45, 2.75) is 39.8 Å². The van der Waals surface area contributed by atoms with Crippen molar-refractivity contribution < 1.29 is 14.3 Å². The highest BCUT2D eigenvalue weighted by atomic mass is 32.1. The van der Waals surface area contributed by atoms with Gasteiger partial charge in [-0.3, -0.25) is 9.36 Å². The second-order valence-corrected chi connectivity index (χ2v) is 10.1. The van der Waals surface area contributed by atoms with E-state index in [1.54, 1.807) is 25.3 Å². The summed E-state index contributed by atoms with van der Waals surface area (Å²) >= 11 is 1.32. The van der Waals surface area contributed by atoms with Gasteiger partial charge in [-0.05, 0) is 67.8 Å². The molecular weight excluding hydrogens is 484 g/mol. The second-order valence-electron chi connectivity index (χ2n) is 9.11. The van der Waals surface area contributed by atoms with Crippen LogP contribution in [0, 0.1) is 0 Å². The molecule has 4 aromatic rings. The van der Waals surface area contributed by atoms with E-state index in [9.17, 15) is 9.59 Å². The van der Waals surface area contributed by atoms with Crippen LogP contribution in [-0.2, 0) is 9.53 Å². The molecule has 3 aromatic carbocycles. The predicted octanol–water partition coefficient (Wildman–Crippen LogP) is 4.74. The van der Waals surface area contributed by atoms with E-state index >= 15 is 0 Å². The molecule has 6 nitrogen and oxygen atoms in total. The minimum Gasteiger partial charge on any atom is -0.494 e. The number of ether oxygens (including phenoxy) is 2. The molecule has 1 aliphatic heterocycles. The van der Waals surface area contributed by atoms with Crippen molar-refractivity contribution in [1.82, 2.24) is 4.57 Å². The third kappa shape index (κ3) is 4.74. The predicted molar refractivity (Wildman–Crippen MR) is 147 cm³/mol. The first kappa shape index (κ1) is 24.7. The minimum atomic E-state index is -0.659. The van der Waals surface area contributed by atoms with Gasteiger partial charge in [0.15, 0.2) is 4.80 Å². The molecule has 0 fully saturated rings. The summed E-state index contributed by atoms with van der Waals surface area (Å²) in [6.07, 6.45) is 1.61. The summed E-state index contributed by atoms with van der Waals surface area (Å²) < 4.78 is 13.3. The number of allylic oxidation sites excluding steroid dienone is 1. The van der Waals surface area contributed by atoms with Gasteiger partial charge in [0.1, 0.15) is 5.75 Å². The maximum absolute atomic E-state index is 13.9. The van der Waals surface area contributed by atoms with Gasteiger partial charge in [-0.15, -0.1) is 0 Å². The molecule has 0 bridgehead atoms.